The Bertz CT molecular complexity index is 1340. The molecule has 30 heavy (non-hydrogen) atoms. The number of aromatic nitrogens is 4. The molecule has 0 aliphatic heterocycles. The van der Waals surface area contributed by atoms with E-state index in [4.69, 9.17) is 9.88 Å². The Morgan fingerprint density at radius 3 is 2.67 bits per heavy atom. The maximum Gasteiger partial charge on any atom is 0.240 e. The zero-order valence-electron chi connectivity index (χ0n) is 16.0. The van der Waals surface area contributed by atoms with Gasteiger partial charge in [-0.1, -0.05) is 6.07 Å². The number of hydrogen-bond donors (Lipinski definition) is 2. The first kappa shape index (κ1) is 19.9. The first-order chi connectivity index (χ1) is 14.3. The highest BCUT2D eigenvalue weighted by Crippen LogP contribution is 2.25. The van der Waals surface area contributed by atoms with Crippen molar-refractivity contribution >= 4 is 21.2 Å². The number of imidazole rings is 1. The summed E-state index contributed by atoms with van der Waals surface area (Å²) < 4.78 is 42.1. The monoisotopic (exact) mass is 427 g/mol. The lowest BCUT2D eigenvalue weighted by molar-refractivity contribution is 0.413. The Balaban J connectivity index is 1.57. The zero-order valence-corrected chi connectivity index (χ0v) is 16.8. The van der Waals surface area contributed by atoms with Gasteiger partial charge in [0.05, 0.1) is 12.6 Å². The Labute approximate surface area is 172 Å². The quantitative estimate of drug-likeness (QED) is 0.487. The number of nitrogens with one attached hydrogen (secondary N) is 1. The van der Waals surface area contributed by atoms with E-state index in [1.54, 1.807) is 31.6 Å². The van der Waals surface area contributed by atoms with Gasteiger partial charge in [-0.25, -0.2) is 27.9 Å². The van der Waals surface area contributed by atoms with Gasteiger partial charge in [0.15, 0.2) is 5.65 Å². The van der Waals surface area contributed by atoms with Crippen LogP contribution in [0.1, 0.15) is 11.5 Å². The predicted octanol–water partition coefficient (Wildman–Crippen LogP) is 2.60. The number of aromatic amines is 1. The van der Waals surface area contributed by atoms with E-state index in [9.17, 15) is 12.8 Å². The summed E-state index contributed by atoms with van der Waals surface area (Å²) in [6.45, 7) is 0. The number of benzene rings is 1. The molecule has 1 aromatic carbocycles. The molecule has 0 spiro atoms. The lowest BCUT2D eigenvalue weighted by Crippen LogP contribution is -2.13. The van der Waals surface area contributed by atoms with Crippen LogP contribution >= 0.6 is 0 Å². The SMILES string of the molecule is COc1ccnc(CCc2nc3ncc(-c4ccc(S(N)(=O)=O)c(F)c4)cc3[nH]2)c1. The van der Waals surface area contributed by atoms with Crippen LogP contribution < -0.4 is 9.88 Å². The number of sulfonamides is 1. The minimum Gasteiger partial charge on any atom is -0.497 e. The molecule has 10 heteroatoms. The van der Waals surface area contributed by atoms with Crippen molar-refractivity contribution in [2.24, 2.45) is 5.14 Å². The first-order valence-corrected chi connectivity index (χ1v) is 10.5. The summed E-state index contributed by atoms with van der Waals surface area (Å²) in [6, 6.07) is 9.19. The molecule has 3 heterocycles. The average molecular weight is 427 g/mol. The summed E-state index contributed by atoms with van der Waals surface area (Å²) in [4.78, 5) is 15.8. The smallest absolute Gasteiger partial charge is 0.240 e. The predicted molar refractivity (Wildman–Crippen MR) is 109 cm³/mol. The number of rotatable bonds is 6. The summed E-state index contributed by atoms with van der Waals surface area (Å²) in [5.74, 6) is 0.581. The minimum absolute atomic E-state index is 0.478. The molecule has 0 aliphatic carbocycles. The van der Waals surface area contributed by atoms with Crippen LogP contribution in [0.5, 0.6) is 5.75 Å². The van der Waals surface area contributed by atoms with Gasteiger partial charge in [-0.15, -0.1) is 0 Å². The van der Waals surface area contributed by atoms with Gasteiger partial charge in [-0.05, 0) is 36.2 Å². The molecule has 154 valence electrons. The van der Waals surface area contributed by atoms with Crippen molar-refractivity contribution in [1.29, 1.82) is 0 Å². The Hall–Kier alpha value is -3.37. The molecule has 0 bridgehead atoms. The van der Waals surface area contributed by atoms with Crippen LogP contribution in [0.15, 0.2) is 53.7 Å². The molecule has 0 fully saturated rings. The van der Waals surface area contributed by atoms with Crippen LogP contribution in [-0.2, 0) is 22.9 Å². The molecule has 4 aromatic rings. The van der Waals surface area contributed by atoms with Crippen molar-refractivity contribution in [1.82, 2.24) is 19.9 Å². The van der Waals surface area contributed by atoms with Crippen LogP contribution in [0.25, 0.3) is 22.3 Å². The topological polar surface area (TPSA) is 124 Å². The van der Waals surface area contributed by atoms with E-state index in [-0.39, 0.29) is 0 Å². The third-order valence-corrected chi connectivity index (χ3v) is 5.54. The van der Waals surface area contributed by atoms with Gasteiger partial charge in [0, 0.05) is 36.1 Å². The van der Waals surface area contributed by atoms with Crippen molar-refractivity contribution in [3.8, 4) is 16.9 Å². The molecular weight excluding hydrogens is 409 g/mol. The van der Waals surface area contributed by atoms with Gasteiger partial charge in [0.25, 0.3) is 0 Å². The molecular formula is C20H18FN5O3S. The summed E-state index contributed by atoms with van der Waals surface area (Å²) in [5.41, 5.74) is 3.21. The molecule has 0 amide bonds. The van der Waals surface area contributed by atoms with E-state index in [1.165, 1.54) is 6.07 Å². The van der Waals surface area contributed by atoms with Gasteiger partial charge in [0.1, 0.15) is 22.3 Å². The second-order valence-corrected chi connectivity index (χ2v) is 8.19. The number of H-pyrrole nitrogens is 1. The van der Waals surface area contributed by atoms with Crippen LogP contribution in [0.2, 0.25) is 0 Å². The van der Waals surface area contributed by atoms with Gasteiger partial charge in [-0.2, -0.15) is 0 Å². The second kappa shape index (κ2) is 7.81. The number of nitrogens with two attached hydrogens (primary N) is 1. The summed E-state index contributed by atoms with van der Waals surface area (Å²) in [7, 11) is -2.51. The third kappa shape index (κ3) is 4.14. The summed E-state index contributed by atoms with van der Waals surface area (Å²) in [5, 5.41) is 5.01. The lowest BCUT2D eigenvalue weighted by atomic mass is 10.1. The maximum absolute atomic E-state index is 14.2. The van der Waals surface area contributed by atoms with Gasteiger partial charge < -0.3 is 9.72 Å². The first-order valence-electron chi connectivity index (χ1n) is 9.00. The van der Waals surface area contributed by atoms with Gasteiger partial charge in [0.2, 0.25) is 10.0 Å². The molecule has 8 nitrogen and oxygen atoms in total. The number of primary sulfonamides is 1. The molecule has 0 saturated heterocycles. The fraction of sp³-hybridized carbons (Fsp3) is 0.150. The minimum atomic E-state index is -4.12. The Kier molecular flexibility index (Phi) is 5.18. The lowest BCUT2D eigenvalue weighted by Gasteiger charge is -2.05. The zero-order chi connectivity index (χ0) is 21.3. The Morgan fingerprint density at radius 2 is 1.93 bits per heavy atom. The summed E-state index contributed by atoms with van der Waals surface area (Å²) in [6.07, 6.45) is 4.55. The second-order valence-electron chi connectivity index (χ2n) is 6.66. The van der Waals surface area contributed by atoms with Crippen molar-refractivity contribution in [3.05, 3.63) is 66.1 Å². The maximum atomic E-state index is 14.2. The number of ether oxygens (including phenoxy) is 1. The Morgan fingerprint density at radius 1 is 1.10 bits per heavy atom. The van der Waals surface area contributed by atoms with Crippen molar-refractivity contribution in [2.75, 3.05) is 7.11 Å². The largest absolute Gasteiger partial charge is 0.497 e. The molecule has 0 unspecified atom stereocenters. The number of methoxy groups -OCH3 is 1. The highest BCUT2D eigenvalue weighted by Gasteiger charge is 2.15. The van der Waals surface area contributed by atoms with Crippen LogP contribution in [0.4, 0.5) is 4.39 Å². The van der Waals surface area contributed by atoms with Crippen LogP contribution in [-0.4, -0.2) is 35.5 Å². The number of nitrogens with zero attached hydrogens (tertiary/aromatic N) is 3. The van der Waals surface area contributed by atoms with E-state index in [2.05, 4.69) is 19.9 Å². The third-order valence-electron chi connectivity index (χ3n) is 4.60. The van der Waals surface area contributed by atoms with E-state index in [1.807, 2.05) is 6.07 Å². The standard InChI is InChI=1S/C20H18FN5O3S/c1-29-15-6-7-23-14(10-15)3-5-19-25-17-9-13(11-24-20(17)26-19)12-2-4-18(16(21)8-12)30(22,27)28/h2,4,6-11H,3,5H2,1H3,(H2,22,27,28)(H,24,25,26). The molecule has 0 atom stereocenters. The van der Waals surface area contributed by atoms with Crippen molar-refractivity contribution in [2.45, 2.75) is 17.7 Å². The number of pyridine rings is 2. The van der Waals surface area contributed by atoms with Gasteiger partial charge in [-0.3, -0.25) is 4.98 Å². The van der Waals surface area contributed by atoms with Crippen LogP contribution in [0, 0.1) is 5.82 Å². The highest BCUT2D eigenvalue weighted by atomic mass is 32.2. The summed E-state index contributed by atoms with van der Waals surface area (Å²) >= 11 is 0. The number of hydrogen-bond acceptors (Lipinski definition) is 6. The number of fused-ring (bicyclic) bond motifs is 1. The molecule has 0 aliphatic rings. The van der Waals surface area contributed by atoms with Crippen molar-refractivity contribution < 1.29 is 17.5 Å². The fourth-order valence-corrected chi connectivity index (χ4v) is 3.69. The molecule has 3 N–H and O–H groups in total. The van der Waals surface area contributed by atoms with Crippen LogP contribution in [0.3, 0.4) is 0 Å². The number of aryl methyl sites for hydroxylation is 2. The van der Waals surface area contributed by atoms with Crippen molar-refractivity contribution in [3.63, 3.8) is 0 Å². The fourth-order valence-electron chi connectivity index (χ4n) is 3.10. The molecule has 0 radical (unpaired) electrons. The molecule has 4 rings (SSSR count). The normalized spacial score (nSPS) is 11.7. The number of halogens is 1. The van der Waals surface area contributed by atoms with E-state index in [0.717, 1.165) is 29.4 Å². The van der Waals surface area contributed by atoms with E-state index >= 15 is 0 Å². The molecule has 0 saturated carbocycles. The average Bonchev–Trinajstić information content (AvgIpc) is 3.13. The van der Waals surface area contributed by atoms with E-state index < -0.39 is 20.7 Å². The van der Waals surface area contributed by atoms with E-state index in [0.29, 0.717) is 35.1 Å². The van der Waals surface area contributed by atoms with Gasteiger partial charge >= 0.3 is 0 Å². The highest BCUT2D eigenvalue weighted by molar-refractivity contribution is 7.89. The molecule has 3 aromatic heterocycles.